The first-order valence-electron chi connectivity index (χ1n) is 16.0. The number of thioether (sulfide) groups is 2. The summed E-state index contributed by atoms with van der Waals surface area (Å²) in [6.07, 6.45) is -0.733. The van der Waals surface area contributed by atoms with Gasteiger partial charge in [0.15, 0.2) is 35.1 Å². The summed E-state index contributed by atoms with van der Waals surface area (Å²) in [6.45, 7) is 0.624. The fourth-order valence-corrected chi connectivity index (χ4v) is 9.64. The highest BCUT2D eigenvalue weighted by molar-refractivity contribution is 8.17. The Kier molecular flexibility index (Phi) is 10.1. The van der Waals surface area contributed by atoms with Gasteiger partial charge in [0.1, 0.15) is 4.08 Å². The molecule has 0 N–H and O–H groups in total. The first-order chi connectivity index (χ1) is 24.1. The molecule has 0 saturated carbocycles. The number of hydrogen-bond donors (Lipinski definition) is 0. The number of rotatable bonds is 13. The van der Waals surface area contributed by atoms with Crippen molar-refractivity contribution in [1.82, 2.24) is 0 Å². The summed E-state index contributed by atoms with van der Waals surface area (Å²) in [5, 5.41) is 0. The van der Waals surface area contributed by atoms with E-state index >= 15 is 0 Å². The lowest BCUT2D eigenvalue weighted by Gasteiger charge is -2.42. The molecule has 9 heteroatoms. The Morgan fingerprint density at radius 3 is 2.02 bits per heavy atom. The van der Waals surface area contributed by atoms with Gasteiger partial charge in [0.05, 0.1) is 39.3 Å². The molecule has 49 heavy (non-hydrogen) atoms. The lowest BCUT2D eigenvalue weighted by Crippen LogP contribution is -2.42. The molecule has 1 fully saturated rings. The zero-order valence-corrected chi connectivity index (χ0v) is 28.8. The second-order valence-corrected chi connectivity index (χ2v) is 14.5. The standard InChI is InChI=1S/C40H36O7S2/c1-42-33-21-19-29(23-35(33)43-2)40(48-30-14-8-4-9-15-30,49-31-16-10-5-11-17-31)37-32(25-45-39(37)44-24-27-12-6-3-7-13-27)38(41)28-18-20-34-36(22-28)47-26-46-34/h3-23,32,37,39H,24-26H2,1-2H3. The molecule has 3 unspecified atom stereocenters. The van der Waals surface area contributed by atoms with Gasteiger partial charge >= 0.3 is 0 Å². The van der Waals surface area contributed by atoms with E-state index in [1.54, 1.807) is 55.9 Å². The number of carbonyl (C=O) groups is 1. The van der Waals surface area contributed by atoms with Gasteiger partial charge in [-0.1, -0.05) is 72.8 Å². The minimum Gasteiger partial charge on any atom is -0.493 e. The molecule has 0 radical (unpaired) electrons. The highest BCUT2D eigenvalue weighted by Gasteiger charge is 2.56. The van der Waals surface area contributed by atoms with Crippen LogP contribution in [0.25, 0.3) is 0 Å². The number of benzene rings is 5. The number of hydrogen-bond acceptors (Lipinski definition) is 9. The number of methoxy groups -OCH3 is 2. The molecule has 7 nitrogen and oxygen atoms in total. The summed E-state index contributed by atoms with van der Waals surface area (Å²) in [6, 6.07) is 41.9. The normalized spacial score (nSPS) is 18.3. The van der Waals surface area contributed by atoms with Gasteiger partial charge < -0.3 is 28.4 Å². The van der Waals surface area contributed by atoms with Gasteiger partial charge in [0.2, 0.25) is 6.79 Å². The van der Waals surface area contributed by atoms with Crippen molar-refractivity contribution in [3.63, 3.8) is 0 Å². The zero-order valence-electron chi connectivity index (χ0n) is 27.2. The monoisotopic (exact) mass is 692 g/mol. The van der Waals surface area contributed by atoms with Gasteiger partial charge in [-0.2, -0.15) is 0 Å². The topological polar surface area (TPSA) is 72.5 Å². The molecule has 5 aromatic rings. The summed E-state index contributed by atoms with van der Waals surface area (Å²) in [7, 11) is 3.26. The Labute approximate surface area is 294 Å². The SMILES string of the molecule is COc1ccc(C(Sc2ccccc2)(Sc2ccccc2)C2C(OCc3ccccc3)OCC2C(=O)c2ccc3c(c2)OCO3)cc1OC. The van der Waals surface area contributed by atoms with Crippen LogP contribution in [-0.2, 0) is 20.2 Å². The van der Waals surface area contributed by atoms with E-state index in [0.29, 0.717) is 35.2 Å². The van der Waals surface area contributed by atoms with Crippen molar-refractivity contribution in [2.75, 3.05) is 27.6 Å². The molecule has 5 aromatic carbocycles. The summed E-state index contributed by atoms with van der Waals surface area (Å²) in [4.78, 5) is 16.9. The second kappa shape index (κ2) is 15.0. The molecule has 0 aliphatic carbocycles. The average Bonchev–Trinajstić information content (AvgIpc) is 3.82. The molecule has 2 aliphatic rings. The maximum absolute atomic E-state index is 14.8. The van der Waals surface area contributed by atoms with E-state index in [0.717, 1.165) is 20.9 Å². The molecule has 0 aromatic heterocycles. The summed E-state index contributed by atoms with van der Waals surface area (Å²) < 4.78 is 35.1. The van der Waals surface area contributed by atoms with Crippen molar-refractivity contribution in [1.29, 1.82) is 0 Å². The van der Waals surface area contributed by atoms with Crippen LogP contribution >= 0.6 is 23.5 Å². The lowest BCUT2D eigenvalue weighted by atomic mass is 9.82. The highest BCUT2D eigenvalue weighted by Crippen LogP contribution is 2.63. The quantitative estimate of drug-likeness (QED) is 0.0684. The van der Waals surface area contributed by atoms with Crippen molar-refractivity contribution >= 4 is 29.3 Å². The molecular weight excluding hydrogens is 657 g/mol. The number of ketones is 1. The number of Topliss-reactive ketones (excluding diaryl/α,β-unsaturated/α-hetero) is 1. The van der Waals surface area contributed by atoms with Crippen LogP contribution < -0.4 is 18.9 Å². The van der Waals surface area contributed by atoms with Crippen LogP contribution in [0.5, 0.6) is 23.0 Å². The van der Waals surface area contributed by atoms with Crippen molar-refractivity contribution in [2.24, 2.45) is 11.8 Å². The van der Waals surface area contributed by atoms with Crippen molar-refractivity contribution < 1.29 is 33.2 Å². The van der Waals surface area contributed by atoms with E-state index in [1.165, 1.54) is 0 Å². The molecule has 2 heterocycles. The van der Waals surface area contributed by atoms with Crippen LogP contribution in [0.4, 0.5) is 0 Å². The Morgan fingerprint density at radius 2 is 1.37 bits per heavy atom. The minimum absolute atomic E-state index is 0.0544. The van der Waals surface area contributed by atoms with Gasteiger partial charge in [-0.05, 0) is 65.7 Å². The fourth-order valence-electron chi connectivity index (χ4n) is 6.29. The number of fused-ring (bicyclic) bond motifs is 1. The Bertz CT molecular complexity index is 1830. The van der Waals surface area contributed by atoms with Crippen molar-refractivity contribution in [3.05, 3.63) is 144 Å². The fraction of sp³-hybridized carbons (Fsp3) is 0.225. The molecule has 0 amide bonds. The summed E-state index contributed by atoms with van der Waals surface area (Å²) in [5.41, 5.74) is 2.47. The zero-order chi connectivity index (χ0) is 33.6. The molecule has 7 rings (SSSR count). The predicted molar refractivity (Wildman–Crippen MR) is 191 cm³/mol. The smallest absolute Gasteiger partial charge is 0.231 e. The van der Waals surface area contributed by atoms with Crippen LogP contribution in [0.2, 0.25) is 0 Å². The molecule has 2 aliphatic heterocycles. The van der Waals surface area contributed by atoms with Gasteiger partial charge in [-0.15, -0.1) is 23.5 Å². The predicted octanol–water partition coefficient (Wildman–Crippen LogP) is 8.86. The second-order valence-electron chi connectivity index (χ2n) is 11.6. The Morgan fingerprint density at radius 1 is 0.735 bits per heavy atom. The van der Waals surface area contributed by atoms with Crippen molar-refractivity contribution in [2.45, 2.75) is 26.8 Å². The van der Waals surface area contributed by atoms with Crippen molar-refractivity contribution in [3.8, 4) is 23.0 Å². The molecule has 0 bridgehead atoms. The van der Waals surface area contributed by atoms with Gasteiger partial charge in [-0.3, -0.25) is 4.79 Å². The van der Waals surface area contributed by atoms with Crippen LogP contribution in [0, 0.1) is 11.8 Å². The van der Waals surface area contributed by atoms with Crippen LogP contribution in [0.1, 0.15) is 21.5 Å². The van der Waals surface area contributed by atoms with Crippen LogP contribution in [-0.4, -0.2) is 39.7 Å². The summed E-state index contributed by atoms with van der Waals surface area (Å²) >= 11 is 3.37. The molecular formula is C40H36O7S2. The molecule has 3 atom stereocenters. The molecule has 250 valence electrons. The van der Waals surface area contributed by atoms with Gasteiger partial charge in [-0.25, -0.2) is 0 Å². The lowest BCUT2D eigenvalue weighted by molar-refractivity contribution is -0.140. The van der Waals surface area contributed by atoms with E-state index in [2.05, 4.69) is 30.3 Å². The maximum Gasteiger partial charge on any atom is 0.231 e. The molecule has 1 saturated heterocycles. The van der Waals surface area contributed by atoms with E-state index < -0.39 is 22.2 Å². The number of carbonyl (C=O) groups excluding carboxylic acids is 1. The van der Waals surface area contributed by atoms with E-state index in [-0.39, 0.29) is 19.2 Å². The highest BCUT2D eigenvalue weighted by atomic mass is 32.2. The minimum atomic E-state index is -0.864. The Hall–Kier alpha value is -4.41. The van der Waals surface area contributed by atoms with E-state index in [4.69, 9.17) is 28.4 Å². The third-order valence-corrected chi connectivity index (χ3v) is 11.8. The third-order valence-electron chi connectivity index (χ3n) is 8.67. The Balaban J connectivity index is 1.42. The number of ether oxygens (including phenoxy) is 6. The van der Waals surface area contributed by atoms with Crippen LogP contribution in [0.15, 0.2) is 137 Å². The van der Waals surface area contributed by atoms with Gasteiger partial charge in [0.25, 0.3) is 0 Å². The maximum atomic E-state index is 14.8. The van der Waals surface area contributed by atoms with E-state index in [1.807, 2.05) is 78.9 Å². The third kappa shape index (κ3) is 7.03. The summed E-state index contributed by atoms with van der Waals surface area (Å²) in [5.74, 6) is 1.26. The first-order valence-corrected chi connectivity index (χ1v) is 17.6. The van der Waals surface area contributed by atoms with Gasteiger partial charge in [0, 0.05) is 15.4 Å². The molecule has 0 spiro atoms. The van der Waals surface area contributed by atoms with Crippen LogP contribution in [0.3, 0.4) is 0 Å². The first kappa shape index (κ1) is 33.1. The van der Waals surface area contributed by atoms with E-state index in [9.17, 15) is 4.79 Å². The largest absolute Gasteiger partial charge is 0.493 e. The average molecular weight is 693 g/mol.